The Balaban J connectivity index is 1.96. The molecule has 0 aromatic heterocycles. The van der Waals surface area contributed by atoms with Gasteiger partial charge < -0.3 is 9.64 Å². The van der Waals surface area contributed by atoms with Crippen molar-refractivity contribution in [2.75, 3.05) is 24.7 Å². The first-order valence-corrected chi connectivity index (χ1v) is 7.68. The van der Waals surface area contributed by atoms with Crippen molar-refractivity contribution in [3.8, 4) is 0 Å². The van der Waals surface area contributed by atoms with Gasteiger partial charge in [-0.1, -0.05) is 36.4 Å². The molecule has 1 aliphatic heterocycles. The van der Waals surface area contributed by atoms with Crippen LogP contribution in [0.2, 0.25) is 0 Å². The molecule has 110 valence electrons. The van der Waals surface area contributed by atoms with Gasteiger partial charge in [-0.05, 0) is 31.2 Å². The van der Waals surface area contributed by atoms with Crippen LogP contribution in [0, 0.1) is 5.92 Å². The summed E-state index contributed by atoms with van der Waals surface area (Å²) in [4.78, 5) is 14.8. The minimum atomic E-state index is 0.0951. The Hall–Kier alpha value is -1.87. The van der Waals surface area contributed by atoms with Gasteiger partial charge in [-0.3, -0.25) is 4.79 Å². The Morgan fingerprint density at radius 2 is 1.86 bits per heavy atom. The molecule has 2 aromatic carbocycles. The Kier molecular flexibility index (Phi) is 4.20. The second kappa shape index (κ2) is 6.27. The molecule has 1 saturated heterocycles. The monoisotopic (exact) mass is 283 g/mol. The first-order valence-electron chi connectivity index (χ1n) is 7.68. The maximum Gasteiger partial charge on any atom is 0.230 e. The van der Waals surface area contributed by atoms with Crippen molar-refractivity contribution >= 4 is 22.4 Å². The summed E-state index contributed by atoms with van der Waals surface area (Å²) in [7, 11) is 0. The Morgan fingerprint density at radius 1 is 1.14 bits per heavy atom. The molecule has 0 aliphatic carbocycles. The third-order valence-corrected chi connectivity index (χ3v) is 4.21. The molecule has 3 nitrogen and oxygen atoms in total. The van der Waals surface area contributed by atoms with Crippen LogP contribution in [0.5, 0.6) is 0 Å². The number of hydrogen-bond donors (Lipinski definition) is 0. The molecule has 2 aromatic rings. The Morgan fingerprint density at radius 3 is 2.62 bits per heavy atom. The zero-order chi connectivity index (χ0) is 14.7. The van der Waals surface area contributed by atoms with Crippen LogP contribution in [0.25, 0.3) is 10.8 Å². The highest BCUT2D eigenvalue weighted by molar-refractivity contribution is 6.04. The molecular weight excluding hydrogens is 262 g/mol. The molecule has 0 unspecified atom stereocenters. The number of rotatable bonds is 3. The summed E-state index contributed by atoms with van der Waals surface area (Å²) in [6.45, 7) is 4.14. The second-order valence-electron chi connectivity index (χ2n) is 5.47. The summed E-state index contributed by atoms with van der Waals surface area (Å²) >= 11 is 0. The van der Waals surface area contributed by atoms with Gasteiger partial charge in [-0.15, -0.1) is 0 Å². The van der Waals surface area contributed by atoms with Crippen LogP contribution in [0.3, 0.4) is 0 Å². The lowest BCUT2D eigenvalue weighted by atomic mass is 9.97. The van der Waals surface area contributed by atoms with Crippen LogP contribution >= 0.6 is 0 Å². The zero-order valence-corrected chi connectivity index (χ0v) is 12.4. The fraction of sp³-hybridized carbons (Fsp3) is 0.389. The van der Waals surface area contributed by atoms with E-state index in [1.54, 1.807) is 0 Å². The molecule has 1 fully saturated rings. The minimum Gasteiger partial charge on any atom is -0.381 e. The van der Waals surface area contributed by atoms with Crippen molar-refractivity contribution in [1.29, 1.82) is 0 Å². The maximum absolute atomic E-state index is 12.8. The number of anilines is 1. The highest BCUT2D eigenvalue weighted by Crippen LogP contribution is 2.29. The first-order chi connectivity index (χ1) is 10.3. The van der Waals surface area contributed by atoms with Crippen LogP contribution in [0.1, 0.15) is 19.8 Å². The van der Waals surface area contributed by atoms with E-state index in [9.17, 15) is 4.79 Å². The number of hydrogen-bond acceptors (Lipinski definition) is 2. The predicted octanol–water partition coefficient (Wildman–Crippen LogP) is 3.62. The summed E-state index contributed by atoms with van der Waals surface area (Å²) in [5.74, 6) is 0.329. The first kappa shape index (κ1) is 14.1. The number of fused-ring (bicyclic) bond motifs is 1. The smallest absolute Gasteiger partial charge is 0.230 e. The SMILES string of the molecule is CCN(C(=O)C1CCOCC1)c1cccc2ccccc12. The third-order valence-electron chi connectivity index (χ3n) is 4.21. The summed E-state index contributed by atoms with van der Waals surface area (Å²) in [6.07, 6.45) is 1.67. The van der Waals surface area contributed by atoms with Crippen molar-refractivity contribution in [2.24, 2.45) is 5.92 Å². The summed E-state index contributed by atoms with van der Waals surface area (Å²) in [6, 6.07) is 14.4. The fourth-order valence-electron chi connectivity index (χ4n) is 3.05. The molecule has 0 spiro atoms. The van der Waals surface area contributed by atoms with Gasteiger partial charge in [-0.2, -0.15) is 0 Å². The Bertz CT molecular complexity index is 627. The molecule has 0 radical (unpaired) electrons. The number of carbonyl (C=O) groups excluding carboxylic acids is 1. The van der Waals surface area contributed by atoms with Crippen LogP contribution in [0.15, 0.2) is 42.5 Å². The van der Waals surface area contributed by atoms with Crippen LogP contribution in [0.4, 0.5) is 5.69 Å². The third kappa shape index (κ3) is 2.79. The van der Waals surface area contributed by atoms with Gasteiger partial charge in [0.1, 0.15) is 0 Å². The quantitative estimate of drug-likeness (QED) is 0.861. The van der Waals surface area contributed by atoms with E-state index in [2.05, 4.69) is 18.2 Å². The molecule has 1 heterocycles. The molecule has 3 rings (SSSR count). The zero-order valence-electron chi connectivity index (χ0n) is 12.4. The maximum atomic E-state index is 12.8. The summed E-state index contributed by atoms with van der Waals surface area (Å²) < 4.78 is 5.37. The van der Waals surface area contributed by atoms with Gasteiger partial charge in [-0.25, -0.2) is 0 Å². The van der Waals surface area contributed by atoms with E-state index in [4.69, 9.17) is 4.74 Å². The normalized spacial score (nSPS) is 16.0. The molecule has 1 aliphatic rings. The van der Waals surface area contributed by atoms with E-state index < -0.39 is 0 Å². The largest absolute Gasteiger partial charge is 0.381 e. The lowest BCUT2D eigenvalue weighted by Gasteiger charge is -2.29. The van der Waals surface area contributed by atoms with Crippen LogP contribution in [-0.2, 0) is 9.53 Å². The minimum absolute atomic E-state index is 0.0951. The predicted molar refractivity (Wildman–Crippen MR) is 85.5 cm³/mol. The highest BCUT2D eigenvalue weighted by atomic mass is 16.5. The van der Waals surface area contributed by atoms with Crippen LogP contribution in [-0.4, -0.2) is 25.7 Å². The van der Waals surface area contributed by atoms with Gasteiger partial charge >= 0.3 is 0 Å². The summed E-state index contributed by atoms with van der Waals surface area (Å²) in [5.41, 5.74) is 1.02. The molecule has 0 bridgehead atoms. The second-order valence-corrected chi connectivity index (χ2v) is 5.47. The van der Waals surface area contributed by atoms with E-state index in [0.717, 1.165) is 23.9 Å². The van der Waals surface area contributed by atoms with Crippen molar-refractivity contribution in [2.45, 2.75) is 19.8 Å². The van der Waals surface area contributed by atoms with Gasteiger partial charge in [0, 0.05) is 31.1 Å². The number of amides is 1. The van der Waals surface area contributed by atoms with Gasteiger partial charge in [0.15, 0.2) is 0 Å². The average molecular weight is 283 g/mol. The number of ether oxygens (including phenoxy) is 1. The molecule has 21 heavy (non-hydrogen) atoms. The molecule has 0 atom stereocenters. The van der Waals surface area contributed by atoms with E-state index in [1.807, 2.05) is 36.1 Å². The molecule has 0 N–H and O–H groups in total. The lowest BCUT2D eigenvalue weighted by molar-refractivity contribution is -0.125. The van der Waals surface area contributed by atoms with E-state index in [-0.39, 0.29) is 11.8 Å². The average Bonchev–Trinajstić information content (AvgIpc) is 2.56. The van der Waals surface area contributed by atoms with Crippen molar-refractivity contribution in [3.05, 3.63) is 42.5 Å². The van der Waals surface area contributed by atoms with Crippen molar-refractivity contribution in [3.63, 3.8) is 0 Å². The van der Waals surface area contributed by atoms with Gasteiger partial charge in [0.25, 0.3) is 0 Å². The molecule has 0 saturated carbocycles. The van der Waals surface area contributed by atoms with E-state index in [1.165, 1.54) is 5.39 Å². The summed E-state index contributed by atoms with van der Waals surface area (Å²) in [5, 5.41) is 2.32. The topological polar surface area (TPSA) is 29.5 Å². The number of benzene rings is 2. The fourth-order valence-corrected chi connectivity index (χ4v) is 3.05. The molecule has 3 heteroatoms. The lowest BCUT2D eigenvalue weighted by Crippen LogP contribution is -2.38. The van der Waals surface area contributed by atoms with Gasteiger partial charge in [0.2, 0.25) is 5.91 Å². The Labute approximate surface area is 125 Å². The van der Waals surface area contributed by atoms with E-state index in [0.29, 0.717) is 19.8 Å². The number of nitrogens with zero attached hydrogens (tertiary/aromatic N) is 1. The number of carbonyl (C=O) groups is 1. The van der Waals surface area contributed by atoms with Crippen LogP contribution < -0.4 is 4.90 Å². The van der Waals surface area contributed by atoms with Crippen molar-refractivity contribution in [1.82, 2.24) is 0 Å². The molecular formula is C18H21NO2. The van der Waals surface area contributed by atoms with Gasteiger partial charge in [0.05, 0.1) is 5.69 Å². The standard InChI is InChI=1S/C18H21NO2/c1-2-19(18(20)15-10-12-21-13-11-15)17-9-5-7-14-6-3-4-8-16(14)17/h3-9,15H,2,10-13H2,1H3. The van der Waals surface area contributed by atoms with E-state index >= 15 is 0 Å². The highest BCUT2D eigenvalue weighted by Gasteiger charge is 2.27. The van der Waals surface area contributed by atoms with Crippen molar-refractivity contribution < 1.29 is 9.53 Å². The molecule has 1 amide bonds.